The molecule has 104 valence electrons. The van der Waals surface area contributed by atoms with Crippen molar-refractivity contribution in [1.29, 1.82) is 0 Å². The summed E-state index contributed by atoms with van der Waals surface area (Å²) in [5.74, 6) is 0.300. The Hall–Kier alpha value is -3.22. The Morgan fingerprint density at radius 3 is 2.76 bits per heavy atom. The summed E-state index contributed by atoms with van der Waals surface area (Å²) in [6, 6.07) is 12.5. The van der Waals surface area contributed by atoms with E-state index in [0.29, 0.717) is 5.82 Å². The lowest BCUT2D eigenvalue weighted by Gasteiger charge is -2.07. The van der Waals surface area contributed by atoms with E-state index >= 15 is 0 Å². The predicted octanol–water partition coefficient (Wildman–Crippen LogP) is 2.86. The van der Waals surface area contributed by atoms with E-state index in [9.17, 15) is 10.1 Å². The molecule has 0 atom stereocenters. The van der Waals surface area contributed by atoms with E-state index in [4.69, 9.17) is 5.73 Å². The van der Waals surface area contributed by atoms with Crippen molar-refractivity contribution in [3.05, 3.63) is 58.8 Å². The van der Waals surface area contributed by atoms with Crippen molar-refractivity contribution in [3.8, 4) is 0 Å². The van der Waals surface area contributed by atoms with Gasteiger partial charge in [-0.3, -0.25) is 15.1 Å². The zero-order chi connectivity index (χ0) is 14.8. The molecule has 3 rings (SSSR count). The highest BCUT2D eigenvalue weighted by molar-refractivity contribution is 5.82. The van der Waals surface area contributed by atoms with Crippen LogP contribution in [0.3, 0.4) is 0 Å². The Balaban J connectivity index is 1.91. The first-order chi connectivity index (χ1) is 10.1. The summed E-state index contributed by atoms with van der Waals surface area (Å²) in [4.78, 5) is 18.4. The zero-order valence-corrected chi connectivity index (χ0v) is 10.9. The number of para-hydroxylation sites is 1. The number of nitrogens with one attached hydrogen (secondary N) is 1. The smallest absolute Gasteiger partial charge is 0.311 e. The van der Waals surface area contributed by atoms with Crippen molar-refractivity contribution in [2.24, 2.45) is 0 Å². The van der Waals surface area contributed by atoms with Crippen LogP contribution in [0.25, 0.3) is 10.9 Å². The summed E-state index contributed by atoms with van der Waals surface area (Å²) < 4.78 is 0. The lowest BCUT2D eigenvalue weighted by molar-refractivity contribution is -0.384. The molecule has 2 aromatic heterocycles. The summed E-state index contributed by atoms with van der Waals surface area (Å²) in [7, 11) is 0. The molecule has 0 aliphatic rings. The second-order valence-electron chi connectivity index (χ2n) is 4.40. The normalized spacial score (nSPS) is 10.5. The summed E-state index contributed by atoms with van der Waals surface area (Å²) in [6.07, 6.45) is 1.67. The number of nitro groups is 1. The maximum Gasteiger partial charge on any atom is 0.311 e. The Kier molecular flexibility index (Phi) is 3.07. The van der Waals surface area contributed by atoms with Crippen LogP contribution in [0.4, 0.5) is 23.0 Å². The van der Waals surface area contributed by atoms with Gasteiger partial charge in [0.25, 0.3) is 0 Å². The number of hydrogen-bond acceptors (Lipinski definition) is 6. The molecular formula is C14H11N5O2. The molecule has 0 radical (unpaired) electrons. The molecule has 3 aromatic rings. The molecule has 2 heterocycles. The predicted molar refractivity (Wildman–Crippen MR) is 80.3 cm³/mol. The lowest BCUT2D eigenvalue weighted by Crippen LogP contribution is -2.01. The summed E-state index contributed by atoms with van der Waals surface area (Å²) in [5.41, 5.74) is 6.97. The third-order valence-electron chi connectivity index (χ3n) is 2.96. The fraction of sp³-hybridized carbons (Fsp3) is 0. The number of pyridine rings is 2. The van der Waals surface area contributed by atoms with E-state index in [1.54, 1.807) is 6.20 Å². The molecule has 0 fully saturated rings. The molecule has 0 aliphatic carbocycles. The monoisotopic (exact) mass is 281 g/mol. The van der Waals surface area contributed by atoms with Crippen molar-refractivity contribution in [2.75, 3.05) is 11.1 Å². The van der Waals surface area contributed by atoms with Gasteiger partial charge in [-0.15, -0.1) is 0 Å². The SMILES string of the molecule is Nc1nc(Nc2cnc3ccccc3c2)ccc1[N+](=O)[O-]. The standard InChI is InChI=1S/C14H11N5O2/c15-14-12(19(20)21)5-6-13(18-14)17-10-7-9-3-1-2-4-11(9)16-8-10/h1-8H,(H3,15,17,18). The average molecular weight is 281 g/mol. The number of benzene rings is 1. The van der Waals surface area contributed by atoms with Gasteiger partial charge in [0, 0.05) is 11.5 Å². The van der Waals surface area contributed by atoms with Crippen LogP contribution in [0.2, 0.25) is 0 Å². The quantitative estimate of drug-likeness (QED) is 0.564. The number of aromatic nitrogens is 2. The van der Waals surface area contributed by atoms with E-state index in [0.717, 1.165) is 16.6 Å². The maximum absolute atomic E-state index is 10.7. The van der Waals surface area contributed by atoms with Crippen LogP contribution in [0, 0.1) is 10.1 Å². The average Bonchev–Trinajstić information content (AvgIpc) is 2.47. The van der Waals surface area contributed by atoms with E-state index in [1.165, 1.54) is 12.1 Å². The number of nitrogens with zero attached hydrogens (tertiary/aromatic N) is 3. The van der Waals surface area contributed by atoms with Crippen LogP contribution >= 0.6 is 0 Å². The fourth-order valence-corrected chi connectivity index (χ4v) is 1.98. The zero-order valence-electron chi connectivity index (χ0n) is 10.9. The molecule has 0 saturated heterocycles. The summed E-state index contributed by atoms with van der Waals surface area (Å²) in [6.45, 7) is 0. The minimum atomic E-state index is -0.566. The van der Waals surface area contributed by atoms with Crippen LogP contribution in [0.1, 0.15) is 0 Å². The van der Waals surface area contributed by atoms with Gasteiger partial charge in [0.2, 0.25) is 5.82 Å². The number of rotatable bonds is 3. The second kappa shape index (κ2) is 5.04. The van der Waals surface area contributed by atoms with Gasteiger partial charge in [0.1, 0.15) is 5.82 Å². The molecule has 0 bridgehead atoms. The van der Waals surface area contributed by atoms with Gasteiger partial charge < -0.3 is 11.1 Å². The van der Waals surface area contributed by atoms with Gasteiger partial charge in [0.05, 0.1) is 22.3 Å². The van der Waals surface area contributed by atoms with Crippen molar-refractivity contribution in [2.45, 2.75) is 0 Å². The maximum atomic E-state index is 10.7. The van der Waals surface area contributed by atoms with Crippen molar-refractivity contribution >= 4 is 33.9 Å². The van der Waals surface area contributed by atoms with Gasteiger partial charge in [0.15, 0.2) is 0 Å². The van der Waals surface area contributed by atoms with Crippen LogP contribution < -0.4 is 11.1 Å². The van der Waals surface area contributed by atoms with Crippen molar-refractivity contribution < 1.29 is 4.92 Å². The summed E-state index contributed by atoms with van der Waals surface area (Å²) >= 11 is 0. The van der Waals surface area contributed by atoms with E-state index < -0.39 is 4.92 Å². The number of hydrogen-bond donors (Lipinski definition) is 2. The van der Waals surface area contributed by atoms with Gasteiger partial charge in [-0.2, -0.15) is 0 Å². The molecule has 0 unspecified atom stereocenters. The number of nitrogens with two attached hydrogens (primary N) is 1. The largest absolute Gasteiger partial charge is 0.378 e. The first-order valence-electron chi connectivity index (χ1n) is 6.16. The molecule has 3 N–H and O–H groups in total. The highest BCUT2D eigenvalue weighted by atomic mass is 16.6. The molecule has 21 heavy (non-hydrogen) atoms. The Morgan fingerprint density at radius 2 is 2.00 bits per heavy atom. The van der Waals surface area contributed by atoms with Crippen LogP contribution in [0.5, 0.6) is 0 Å². The third kappa shape index (κ3) is 2.57. The van der Waals surface area contributed by atoms with E-state index in [-0.39, 0.29) is 11.5 Å². The van der Waals surface area contributed by atoms with Crippen LogP contribution in [-0.4, -0.2) is 14.9 Å². The molecular weight excluding hydrogens is 270 g/mol. The molecule has 0 saturated carbocycles. The lowest BCUT2D eigenvalue weighted by atomic mass is 10.2. The van der Waals surface area contributed by atoms with Gasteiger partial charge in [-0.1, -0.05) is 18.2 Å². The minimum Gasteiger partial charge on any atom is -0.378 e. The molecule has 0 spiro atoms. The van der Waals surface area contributed by atoms with E-state index in [1.807, 2.05) is 30.3 Å². The van der Waals surface area contributed by atoms with Crippen LogP contribution in [0.15, 0.2) is 48.7 Å². The number of fused-ring (bicyclic) bond motifs is 1. The van der Waals surface area contributed by atoms with Crippen molar-refractivity contribution in [3.63, 3.8) is 0 Å². The summed E-state index contributed by atoms with van der Waals surface area (Å²) in [5, 5.41) is 14.7. The highest BCUT2D eigenvalue weighted by Crippen LogP contribution is 2.24. The number of anilines is 3. The van der Waals surface area contributed by atoms with Gasteiger partial charge >= 0.3 is 5.69 Å². The Labute approximate surface area is 119 Å². The second-order valence-corrected chi connectivity index (χ2v) is 4.40. The third-order valence-corrected chi connectivity index (χ3v) is 2.96. The molecule has 7 nitrogen and oxygen atoms in total. The highest BCUT2D eigenvalue weighted by Gasteiger charge is 2.12. The van der Waals surface area contributed by atoms with Crippen molar-refractivity contribution in [1.82, 2.24) is 9.97 Å². The molecule has 7 heteroatoms. The number of nitrogen functional groups attached to an aromatic ring is 1. The molecule has 0 aliphatic heterocycles. The first kappa shape index (κ1) is 12.8. The Morgan fingerprint density at radius 1 is 1.19 bits per heavy atom. The topological polar surface area (TPSA) is 107 Å². The first-order valence-corrected chi connectivity index (χ1v) is 6.16. The minimum absolute atomic E-state index is 0.126. The fourth-order valence-electron chi connectivity index (χ4n) is 1.98. The molecule has 1 aromatic carbocycles. The van der Waals surface area contributed by atoms with E-state index in [2.05, 4.69) is 15.3 Å². The van der Waals surface area contributed by atoms with Gasteiger partial charge in [-0.25, -0.2) is 4.98 Å². The molecule has 0 amide bonds. The van der Waals surface area contributed by atoms with Gasteiger partial charge in [-0.05, 0) is 18.2 Å². The van der Waals surface area contributed by atoms with Crippen LogP contribution in [-0.2, 0) is 0 Å². The Bertz CT molecular complexity index is 834.